The number of benzene rings is 2. The van der Waals surface area contributed by atoms with Crippen molar-refractivity contribution in [1.82, 2.24) is 14.3 Å². The molecular formula is C33H41N5O4. The third-order valence-corrected chi connectivity index (χ3v) is 6.77. The number of aromatic nitrogens is 3. The summed E-state index contributed by atoms with van der Waals surface area (Å²) < 4.78 is 9.41. The minimum absolute atomic E-state index is 0.0735. The maximum Gasteiger partial charge on any atom is 0.323 e. The van der Waals surface area contributed by atoms with E-state index in [1.54, 1.807) is 41.2 Å². The summed E-state index contributed by atoms with van der Waals surface area (Å²) in [7, 11) is 0. The van der Waals surface area contributed by atoms with E-state index in [-0.39, 0.29) is 28.5 Å². The summed E-state index contributed by atoms with van der Waals surface area (Å²) in [5.74, 6) is 0.645. The van der Waals surface area contributed by atoms with E-state index in [2.05, 4.69) is 43.4 Å². The van der Waals surface area contributed by atoms with Gasteiger partial charge in [0.2, 0.25) is 0 Å². The number of phenolic OH excluding ortho intramolecular Hbond substituents is 1. The number of rotatable bonds is 10. The van der Waals surface area contributed by atoms with E-state index in [0.717, 1.165) is 24.0 Å². The lowest BCUT2D eigenvalue weighted by atomic mass is 9.85. The minimum Gasteiger partial charge on any atom is -0.508 e. The minimum atomic E-state index is -0.525. The molecule has 2 heterocycles. The predicted molar refractivity (Wildman–Crippen MR) is 168 cm³/mol. The molecule has 2 aromatic heterocycles. The third kappa shape index (κ3) is 7.60. The van der Waals surface area contributed by atoms with Crippen LogP contribution in [0.15, 0.2) is 71.9 Å². The molecule has 0 aliphatic carbocycles. The summed E-state index contributed by atoms with van der Waals surface area (Å²) in [4.78, 5) is 26.9. The molecule has 2 aromatic carbocycles. The number of carbonyl (C=O) groups excluding carboxylic acids is 1. The van der Waals surface area contributed by atoms with Crippen molar-refractivity contribution in [3.8, 4) is 22.6 Å². The van der Waals surface area contributed by atoms with Gasteiger partial charge in [-0.15, -0.1) is 0 Å². The molecule has 0 aliphatic rings. The van der Waals surface area contributed by atoms with Crippen LogP contribution in [0.5, 0.6) is 11.5 Å². The van der Waals surface area contributed by atoms with Crippen LogP contribution in [0, 0.1) is 0 Å². The smallest absolute Gasteiger partial charge is 0.323 e. The Kier molecular flexibility index (Phi) is 9.40. The van der Waals surface area contributed by atoms with Gasteiger partial charge in [0.1, 0.15) is 17.2 Å². The Labute approximate surface area is 247 Å². The number of urea groups is 1. The van der Waals surface area contributed by atoms with Crippen molar-refractivity contribution < 1.29 is 14.6 Å². The van der Waals surface area contributed by atoms with Gasteiger partial charge in [0.25, 0.3) is 5.56 Å². The first-order valence-electron chi connectivity index (χ1n) is 14.4. The van der Waals surface area contributed by atoms with Crippen molar-refractivity contribution in [2.75, 3.05) is 10.6 Å². The Balaban J connectivity index is 1.70. The van der Waals surface area contributed by atoms with E-state index >= 15 is 0 Å². The highest BCUT2D eigenvalue weighted by Crippen LogP contribution is 2.35. The van der Waals surface area contributed by atoms with Crippen LogP contribution in [0.2, 0.25) is 0 Å². The fourth-order valence-corrected chi connectivity index (χ4v) is 4.77. The number of aryl methyl sites for hydroxylation is 1. The number of nitrogens with zero attached hydrogens (tertiary/aromatic N) is 3. The molecule has 0 radical (unpaired) electrons. The molecule has 0 atom stereocenters. The molecule has 0 unspecified atom stereocenters. The summed E-state index contributed by atoms with van der Waals surface area (Å²) in [5.41, 5.74) is 3.46. The van der Waals surface area contributed by atoms with Gasteiger partial charge >= 0.3 is 6.03 Å². The lowest BCUT2D eigenvalue weighted by molar-refractivity contribution is 0.243. The monoisotopic (exact) mass is 571 g/mol. The zero-order valence-electron chi connectivity index (χ0n) is 25.3. The van der Waals surface area contributed by atoms with Crippen LogP contribution < -0.4 is 20.9 Å². The van der Waals surface area contributed by atoms with Crippen molar-refractivity contribution in [3.63, 3.8) is 0 Å². The molecule has 42 heavy (non-hydrogen) atoms. The molecule has 4 aromatic rings. The first-order chi connectivity index (χ1) is 19.9. The van der Waals surface area contributed by atoms with E-state index in [0.29, 0.717) is 35.7 Å². The van der Waals surface area contributed by atoms with Gasteiger partial charge in [0, 0.05) is 41.9 Å². The molecule has 9 heteroatoms. The third-order valence-electron chi connectivity index (χ3n) is 6.77. The SMILES string of the molecule is CCCCn1cc(-c2cc(O)ccc2OC(C)C)cc(NC(=O)Nc2cc(Cn3cccn3)ccc2C(C)(C)C)c1=O. The van der Waals surface area contributed by atoms with Gasteiger partial charge in [-0.3, -0.25) is 9.48 Å². The number of nitrogens with one attached hydrogen (secondary N) is 2. The molecule has 0 bridgehead atoms. The van der Waals surface area contributed by atoms with E-state index in [4.69, 9.17) is 4.74 Å². The molecular weight excluding hydrogens is 530 g/mol. The van der Waals surface area contributed by atoms with E-state index in [1.807, 2.05) is 49.0 Å². The number of hydrogen-bond acceptors (Lipinski definition) is 5. The Bertz CT molecular complexity index is 1580. The highest BCUT2D eigenvalue weighted by Gasteiger charge is 2.21. The fraction of sp³-hybridized carbons (Fsp3) is 0.364. The highest BCUT2D eigenvalue weighted by molar-refractivity contribution is 6.00. The predicted octanol–water partition coefficient (Wildman–Crippen LogP) is 6.99. The zero-order valence-corrected chi connectivity index (χ0v) is 25.3. The van der Waals surface area contributed by atoms with Crippen molar-refractivity contribution in [2.24, 2.45) is 0 Å². The van der Waals surface area contributed by atoms with Crippen LogP contribution in [0.3, 0.4) is 0 Å². The number of anilines is 2. The van der Waals surface area contributed by atoms with Crippen LogP contribution in [0.1, 0.15) is 65.5 Å². The normalized spacial score (nSPS) is 11.5. The maximum atomic E-state index is 13.5. The summed E-state index contributed by atoms with van der Waals surface area (Å²) in [6.45, 7) is 13.2. The number of ether oxygens (including phenoxy) is 1. The van der Waals surface area contributed by atoms with Crippen molar-refractivity contribution in [1.29, 1.82) is 0 Å². The molecule has 0 spiro atoms. The van der Waals surface area contributed by atoms with Gasteiger partial charge in [0.15, 0.2) is 0 Å². The van der Waals surface area contributed by atoms with Gasteiger partial charge in [-0.2, -0.15) is 5.10 Å². The first-order valence-corrected chi connectivity index (χ1v) is 14.4. The Morgan fingerprint density at radius 1 is 1.07 bits per heavy atom. The second kappa shape index (κ2) is 13.0. The molecule has 0 saturated carbocycles. The fourth-order valence-electron chi connectivity index (χ4n) is 4.77. The van der Waals surface area contributed by atoms with Crippen LogP contribution in [0.25, 0.3) is 11.1 Å². The number of aromatic hydroxyl groups is 1. The first kappa shape index (κ1) is 30.4. The lowest BCUT2D eigenvalue weighted by Gasteiger charge is -2.24. The van der Waals surface area contributed by atoms with E-state index in [1.165, 1.54) is 0 Å². The Morgan fingerprint density at radius 3 is 2.50 bits per heavy atom. The van der Waals surface area contributed by atoms with Crippen molar-refractivity contribution in [2.45, 2.75) is 79.0 Å². The largest absolute Gasteiger partial charge is 0.508 e. The van der Waals surface area contributed by atoms with Crippen LogP contribution in [0.4, 0.5) is 16.2 Å². The summed E-state index contributed by atoms with van der Waals surface area (Å²) in [6.07, 6.45) is 6.97. The van der Waals surface area contributed by atoms with Gasteiger partial charge in [0.05, 0.1) is 12.6 Å². The van der Waals surface area contributed by atoms with Gasteiger partial charge < -0.3 is 25.0 Å². The Hall–Kier alpha value is -4.53. The van der Waals surface area contributed by atoms with Crippen molar-refractivity contribution in [3.05, 3.63) is 88.6 Å². The molecule has 0 aliphatic heterocycles. The number of pyridine rings is 1. The van der Waals surface area contributed by atoms with E-state index in [9.17, 15) is 14.7 Å². The zero-order chi connectivity index (χ0) is 30.4. The van der Waals surface area contributed by atoms with Crippen LogP contribution in [-0.2, 0) is 18.5 Å². The average Bonchev–Trinajstić information content (AvgIpc) is 3.42. The van der Waals surface area contributed by atoms with Crippen molar-refractivity contribution >= 4 is 17.4 Å². The second-order valence-electron chi connectivity index (χ2n) is 11.8. The topological polar surface area (TPSA) is 110 Å². The number of carbonyl (C=O) groups is 1. The second-order valence-corrected chi connectivity index (χ2v) is 11.8. The molecule has 3 N–H and O–H groups in total. The maximum absolute atomic E-state index is 13.5. The highest BCUT2D eigenvalue weighted by atomic mass is 16.5. The van der Waals surface area contributed by atoms with E-state index < -0.39 is 6.03 Å². The van der Waals surface area contributed by atoms with Gasteiger partial charge in [-0.1, -0.05) is 46.2 Å². The summed E-state index contributed by atoms with van der Waals surface area (Å²) >= 11 is 0. The summed E-state index contributed by atoms with van der Waals surface area (Å²) in [6, 6.07) is 13.8. The molecule has 2 amide bonds. The molecule has 4 rings (SSSR count). The molecule has 9 nitrogen and oxygen atoms in total. The van der Waals surface area contributed by atoms with Crippen LogP contribution in [-0.4, -0.2) is 31.6 Å². The number of hydrogen-bond donors (Lipinski definition) is 3. The quantitative estimate of drug-likeness (QED) is 0.190. The van der Waals surface area contributed by atoms with Gasteiger partial charge in [-0.05, 0) is 73.2 Å². The van der Waals surface area contributed by atoms with Crippen LogP contribution >= 0.6 is 0 Å². The standard InChI is InChI=1S/C33H41N5O4/c1-7-8-15-37-21-24(26-19-25(39)11-13-30(26)42-22(2)3)18-29(31(37)40)36-32(41)35-28-17-23(20-38-16-9-14-34-38)10-12-27(28)33(4,5)6/h9-14,16-19,21-22,39H,7-8,15,20H2,1-6H3,(H2,35,36,41). The lowest BCUT2D eigenvalue weighted by Crippen LogP contribution is -2.29. The molecule has 0 fully saturated rings. The number of unbranched alkanes of at least 4 members (excludes halogenated alkanes) is 1. The molecule has 222 valence electrons. The van der Waals surface area contributed by atoms with Gasteiger partial charge in [-0.25, -0.2) is 4.79 Å². The average molecular weight is 572 g/mol. The number of amides is 2. The summed E-state index contributed by atoms with van der Waals surface area (Å²) in [5, 5.41) is 20.3. The Morgan fingerprint density at radius 2 is 1.83 bits per heavy atom. The number of phenols is 1. The molecule has 0 saturated heterocycles.